The third-order valence-electron chi connectivity index (χ3n) is 2.59. The summed E-state index contributed by atoms with van der Waals surface area (Å²) in [7, 11) is 0. The van der Waals surface area contributed by atoms with Gasteiger partial charge < -0.3 is 14.6 Å². The summed E-state index contributed by atoms with van der Waals surface area (Å²) in [5.74, 6) is 0.508. The molecule has 0 radical (unpaired) electrons. The van der Waals surface area contributed by atoms with E-state index >= 15 is 0 Å². The Morgan fingerprint density at radius 3 is 3.06 bits per heavy atom. The van der Waals surface area contributed by atoms with Crippen LogP contribution in [0.3, 0.4) is 0 Å². The quantitative estimate of drug-likeness (QED) is 0.919. The van der Waals surface area contributed by atoms with E-state index in [1.165, 1.54) is 11.3 Å². The first-order valence-corrected chi connectivity index (χ1v) is 6.16. The van der Waals surface area contributed by atoms with Crippen LogP contribution in [0.15, 0.2) is 23.7 Å². The highest BCUT2D eigenvalue weighted by atomic mass is 32.1. The summed E-state index contributed by atoms with van der Waals surface area (Å²) in [5.41, 5.74) is 3.13. The molecule has 1 aliphatic heterocycles. The zero-order chi connectivity index (χ0) is 12.5. The van der Waals surface area contributed by atoms with Crippen molar-refractivity contribution in [1.29, 1.82) is 0 Å². The van der Waals surface area contributed by atoms with E-state index in [0.29, 0.717) is 17.2 Å². The number of aromatic nitrogens is 1. The maximum atomic E-state index is 10.8. The zero-order valence-electron chi connectivity index (χ0n) is 9.25. The van der Waals surface area contributed by atoms with Gasteiger partial charge in [0.25, 0.3) is 0 Å². The Morgan fingerprint density at radius 2 is 2.22 bits per heavy atom. The summed E-state index contributed by atoms with van der Waals surface area (Å²) in [6.07, 6.45) is -0.0761. The molecule has 0 fully saturated rings. The molecular formula is C12H9NO4S. The molecule has 2 aromatic rings. The van der Waals surface area contributed by atoms with Crippen LogP contribution < -0.4 is 9.47 Å². The number of carboxylic acids is 1. The molecule has 0 unspecified atom stereocenters. The van der Waals surface area contributed by atoms with Crippen molar-refractivity contribution in [2.45, 2.75) is 6.42 Å². The highest BCUT2D eigenvalue weighted by Crippen LogP contribution is 2.38. The van der Waals surface area contributed by atoms with Crippen molar-refractivity contribution < 1.29 is 19.4 Å². The number of hydrogen-bond donors (Lipinski definition) is 1. The molecule has 0 amide bonds. The Morgan fingerprint density at radius 1 is 1.39 bits per heavy atom. The van der Waals surface area contributed by atoms with Gasteiger partial charge >= 0.3 is 5.97 Å². The fourth-order valence-electron chi connectivity index (χ4n) is 1.81. The number of ether oxygens (including phenoxy) is 2. The third-order valence-corrected chi connectivity index (χ3v) is 3.51. The van der Waals surface area contributed by atoms with Crippen molar-refractivity contribution >= 4 is 17.3 Å². The molecular weight excluding hydrogens is 254 g/mol. The lowest BCUT2D eigenvalue weighted by Crippen LogP contribution is -2.01. The molecule has 2 heterocycles. The second kappa shape index (κ2) is 4.30. The molecule has 3 rings (SSSR count). The van der Waals surface area contributed by atoms with Gasteiger partial charge in [-0.05, 0) is 23.8 Å². The first-order chi connectivity index (χ1) is 8.74. The van der Waals surface area contributed by atoms with Crippen LogP contribution in [0.5, 0.6) is 11.5 Å². The maximum Gasteiger partial charge on any atom is 0.309 e. The molecule has 1 aromatic carbocycles. The lowest BCUT2D eigenvalue weighted by molar-refractivity contribution is -0.136. The van der Waals surface area contributed by atoms with Gasteiger partial charge in [-0.15, -0.1) is 11.3 Å². The van der Waals surface area contributed by atoms with E-state index in [9.17, 15) is 4.79 Å². The van der Waals surface area contributed by atoms with Crippen LogP contribution in [0.4, 0.5) is 0 Å². The van der Waals surface area contributed by atoms with Gasteiger partial charge in [-0.3, -0.25) is 4.79 Å². The molecule has 5 nitrogen and oxygen atoms in total. The maximum absolute atomic E-state index is 10.8. The van der Waals surface area contributed by atoms with E-state index < -0.39 is 5.97 Å². The molecule has 0 saturated heterocycles. The van der Waals surface area contributed by atoms with Gasteiger partial charge in [0.15, 0.2) is 11.5 Å². The lowest BCUT2D eigenvalue weighted by Gasteiger charge is -2.02. The molecule has 0 atom stereocenters. The second-order valence-electron chi connectivity index (χ2n) is 3.77. The van der Waals surface area contributed by atoms with E-state index in [1.54, 1.807) is 5.51 Å². The predicted octanol–water partition coefficient (Wildman–Crippen LogP) is 2.17. The van der Waals surface area contributed by atoms with Crippen LogP contribution in [-0.2, 0) is 11.2 Å². The average Bonchev–Trinajstić information content (AvgIpc) is 2.95. The van der Waals surface area contributed by atoms with E-state index in [0.717, 1.165) is 10.4 Å². The number of benzene rings is 1. The molecule has 1 aliphatic rings. The van der Waals surface area contributed by atoms with Gasteiger partial charge in [0.2, 0.25) is 6.79 Å². The molecule has 1 N–H and O–H groups in total. The molecule has 0 spiro atoms. The van der Waals surface area contributed by atoms with Crippen LogP contribution in [0, 0.1) is 0 Å². The van der Waals surface area contributed by atoms with Crippen molar-refractivity contribution in [3.63, 3.8) is 0 Å². The second-order valence-corrected chi connectivity index (χ2v) is 4.62. The molecule has 18 heavy (non-hydrogen) atoms. The Bertz CT molecular complexity index is 608. The van der Waals surface area contributed by atoms with Crippen LogP contribution in [0.25, 0.3) is 10.4 Å². The number of hydrogen-bond acceptors (Lipinski definition) is 5. The smallest absolute Gasteiger partial charge is 0.309 e. The van der Waals surface area contributed by atoms with Crippen molar-refractivity contribution in [1.82, 2.24) is 4.98 Å². The number of rotatable bonds is 3. The van der Waals surface area contributed by atoms with Gasteiger partial charge in [-0.1, -0.05) is 0 Å². The Kier molecular flexibility index (Phi) is 2.64. The molecule has 0 saturated carbocycles. The van der Waals surface area contributed by atoms with E-state index in [2.05, 4.69) is 4.98 Å². The first kappa shape index (κ1) is 11.0. The number of carboxylic acid groups (broad SMARTS) is 1. The number of thiazole rings is 1. The summed E-state index contributed by atoms with van der Waals surface area (Å²) in [6.45, 7) is 0.226. The lowest BCUT2D eigenvalue weighted by atomic mass is 10.1. The Labute approximate surface area is 107 Å². The fourth-order valence-corrected chi connectivity index (χ4v) is 2.62. The monoisotopic (exact) mass is 263 g/mol. The van der Waals surface area contributed by atoms with Crippen LogP contribution in [-0.4, -0.2) is 22.9 Å². The molecule has 0 bridgehead atoms. The molecule has 0 aliphatic carbocycles. The van der Waals surface area contributed by atoms with E-state index in [1.807, 2.05) is 18.2 Å². The van der Waals surface area contributed by atoms with Crippen molar-refractivity contribution in [3.05, 3.63) is 29.4 Å². The molecule has 92 valence electrons. The number of carbonyl (C=O) groups is 1. The minimum Gasteiger partial charge on any atom is -0.481 e. The topological polar surface area (TPSA) is 68.7 Å². The minimum absolute atomic E-state index is 0.0761. The predicted molar refractivity (Wildman–Crippen MR) is 65.0 cm³/mol. The summed E-state index contributed by atoms with van der Waals surface area (Å²) in [4.78, 5) is 15.7. The number of nitrogens with zero attached hydrogens (tertiary/aromatic N) is 1. The van der Waals surface area contributed by atoms with Gasteiger partial charge in [-0.25, -0.2) is 4.98 Å². The van der Waals surface area contributed by atoms with Gasteiger partial charge in [-0.2, -0.15) is 0 Å². The summed E-state index contributed by atoms with van der Waals surface area (Å²) in [6, 6.07) is 5.55. The van der Waals surface area contributed by atoms with E-state index in [-0.39, 0.29) is 13.2 Å². The number of aliphatic carboxylic acids is 1. The van der Waals surface area contributed by atoms with Crippen LogP contribution in [0.1, 0.15) is 5.69 Å². The highest BCUT2D eigenvalue weighted by molar-refractivity contribution is 7.13. The Hall–Kier alpha value is -2.08. The normalized spacial score (nSPS) is 12.7. The largest absolute Gasteiger partial charge is 0.481 e. The minimum atomic E-state index is -0.886. The standard InChI is InChI=1S/C12H9NO4S/c14-11(15)4-8-12(18-5-13-8)7-1-2-9-10(3-7)17-6-16-9/h1-3,5H,4,6H2,(H,14,15). The first-order valence-electron chi connectivity index (χ1n) is 5.28. The number of fused-ring (bicyclic) bond motifs is 1. The summed E-state index contributed by atoms with van der Waals surface area (Å²) < 4.78 is 10.5. The average molecular weight is 263 g/mol. The van der Waals surface area contributed by atoms with Gasteiger partial charge in [0.05, 0.1) is 22.5 Å². The van der Waals surface area contributed by atoms with Crippen molar-refractivity contribution in [2.24, 2.45) is 0 Å². The third kappa shape index (κ3) is 1.91. The van der Waals surface area contributed by atoms with Gasteiger partial charge in [0, 0.05) is 0 Å². The van der Waals surface area contributed by atoms with Crippen molar-refractivity contribution in [2.75, 3.05) is 6.79 Å². The molecule has 6 heteroatoms. The van der Waals surface area contributed by atoms with Crippen LogP contribution >= 0.6 is 11.3 Å². The van der Waals surface area contributed by atoms with E-state index in [4.69, 9.17) is 14.6 Å². The fraction of sp³-hybridized carbons (Fsp3) is 0.167. The van der Waals surface area contributed by atoms with Crippen LogP contribution in [0.2, 0.25) is 0 Å². The summed E-state index contributed by atoms with van der Waals surface area (Å²) >= 11 is 1.42. The summed E-state index contributed by atoms with van der Waals surface area (Å²) in [5, 5.41) is 8.83. The highest BCUT2D eigenvalue weighted by Gasteiger charge is 2.17. The zero-order valence-corrected chi connectivity index (χ0v) is 10.1. The SMILES string of the molecule is O=C(O)Cc1ncsc1-c1ccc2c(c1)OCO2. The van der Waals surface area contributed by atoms with Gasteiger partial charge in [0.1, 0.15) is 0 Å². The molecule has 1 aromatic heterocycles. The Balaban J connectivity index is 1.99. The van der Waals surface area contributed by atoms with Crippen molar-refractivity contribution in [3.8, 4) is 21.9 Å².